The zero-order chi connectivity index (χ0) is 62.8. The lowest BCUT2D eigenvalue weighted by Crippen LogP contribution is -2.49. The van der Waals surface area contributed by atoms with Crippen LogP contribution in [0.2, 0.25) is 0 Å². The van der Waals surface area contributed by atoms with E-state index in [0.29, 0.717) is 44.3 Å². The van der Waals surface area contributed by atoms with Crippen LogP contribution in [-0.4, -0.2) is 40.1 Å². The van der Waals surface area contributed by atoms with E-state index in [9.17, 15) is 0 Å². The second kappa shape index (κ2) is 27.0. The monoisotopic (exact) mass is 1250 g/mol. The maximum Gasteiger partial charge on any atom is 0.328 e. The number of unbranched alkanes of at least 4 members (excludes halogenated alkanes) is 12. The molecule has 464 valence electrons. The molecular formula is C80H82B2F2N6S2. The highest BCUT2D eigenvalue weighted by atomic mass is 32.1. The van der Waals surface area contributed by atoms with Crippen LogP contribution in [0.4, 0.5) is 8.78 Å². The third kappa shape index (κ3) is 10.6. The van der Waals surface area contributed by atoms with E-state index in [1.165, 1.54) is 59.1 Å². The summed E-state index contributed by atoms with van der Waals surface area (Å²) < 4.78 is 64.5. The van der Waals surface area contributed by atoms with Crippen molar-refractivity contribution < 1.29 is 8.78 Å². The highest BCUT2D eigenvalue weighted by molar-refractivity contribution is 7.00. The van der Waals surface area contributed by atoms with Crippen molar-refractivity contribution in [3.05, 3.63) is 216 Å². The van der Waals surface area contributed by atoms with E-state index < -0.39 is 25.3 Å². The van der Waals surface area contributed by atoms with E-state index >= 15 is 8.78 Å². The molecule has 0 amide bonds. The first-order chi connectivity index (χ1) is 45.4. The van der Waals surface area contributed by atoms with E-state index in [1.807, 2.05) is 0 Å². The van der Waals surface area contributed by atoms with E-state index in [4.69, 9.17) is 17.5 Å². The Morgan fingerprint density at radius 3 is 0.957 bits per heavy atom. The number of halogens is 2. The summed E-state index contributed by atoms with van der Waals surface area (Å²) in [7, 11) is 0. The zero-order valence-electron chi connectivity index (χ0n) is 53.9. The average Bonchev–Trinajstić information content (AvgIpc) is 1.49. The van der Waals surface area contributed by atoms with Gasteiger partial charge in [0, 0.05) is 66.6 Å². The number of benzene rings is 8. The van der Waals surface area contributed by atoms with Gasteiger partial charge in [-0.05, 0) is 60.1 Å². The molecule has 8 aromatic carbocycles. The Morgan fingerprint density at radius 1 is 0.348 bits per heavy atom. The van der Waals surface area contributed by atoms with Gasteiger partial charge in [-0.15, -0.1) is 0 Å². The number of hydrogen-bond donors (Lipinski definition) is 0. The van der Waals surface area contributed by atoms with Crippen molar-refractivity contribution >= 4 is 91.8 Å². The molecule has 0 spiro atoms. The molecule has 92 heavy (non-hydrogen) atoms. The summed E-state index contributed by atoms with van der Waals surface area (Å²) in [4.78, 5) is 0. The molecule has 0 N–H and O–H groups in total. The summed E-state index contributed by atoms with van der Waals surface area (Å²) in [6, 6.07) is 65.9. The van der Waals surface area contributed by atoms with Gasteiger partial charge in [-0.3, -0.25) is 0 Å². The minimum atomic E-state index is -0.494. The Hall–Kier alpha value is -7.79. The van der Waals surface area contributed by atoms with Crippen LogP contribution in [-0.2, 0) is 10.8 Å². The summed E-state index contributed by atoms with van der Waals surface area (Å²) in [5, 5.41) is 0.999. The fourth-order valence-corrected chi connectivity index (χ4v) is 17.8. The van der Waals surface area contributed by atoms with Gasteiger partial charge in [0.05, 0.1) is 23.5 Å². The lowest BCUT2D eigenvalue weighted by atomic mass is 9.50. The Balaban J connectivity index is 1.14. The second-order valence-corrected chi connectivity index (χ2v) is 27.4. The summed E-state index contributed by atoms with van der Waals surface area (Å²) in [5.41, 5.74) is 16.3. The Kier molecular flexibility index (Phi) is 18.1. The molecule has 2 aliphatic rings. The minimum absolute atomic E-state index is 0.121. The number of fused-ring (bicyclic) bond motifs is 11. The number of aromatic nitrogens is 6. The Morgan fingerprint density at radius 2 is 0.641 bits per heavy atom. The van der Waals surface area contributed by atoms with E-state index in [2.05, 4.69) is 219 Å². The fraction of sp³-hybridized carbons (Fsp3) is 0.325. The molecule has 4 aromatic heterocycles. The van der Waals surface area contributed by atoms with Gasteiger partial charge in [0.2, 0.25) is 0 Å². The SMILES string of the molecule is CCCCCCC1(CCCCCC)c2ccccc2-c2c1cc(-c1c(F)c3nsnc3c3c(-c4cc5c(n4B(c4ccccc4)c4ccccc4)-c4ccccc4C5(CCCCCC)CCCCCC)c(F)c4nsnc4c13)n2B(c1ccccc1)c1ccccc1. The first-order valence-electron chi connectivity index (χ1n) is 34.5. The molecule has 0 saturated carbocycles. The Bertz CT molecular complexity index is 4150. The van der Waals surface area contributed by atoms with Gasteiger partial charge in [-0.25, -0.2) is 8.78 Å². The molecule has 0 aliphatic heterocycles. The zero-order valence-corrected chi connectivity index (χ0v) is 55.5. The topological polar surface area (TPSA) is 61.4 Å². The van der Waals surface area contributed by atoms with Crippen LogP contribution >= 0.6 is 23.5 Å². The van der Waals surface area contributed by atoms with Crippen molar-refractivity contribution in [2.24, 2.45) is 0 Å². The van der Waals surface area contributed by atoms with Crippen molar-refractivity contribution in [2.45, 2.75) is 167 Å². The second-order valence-electron chi connectivity index (χ2n) is 26.3. The average molecular weight is 1250 g/mol. The lowest BCUT2D eigenvalue weighted by Gasteiger charge is -2.32. The molecule has 12 aromatic rings. The molecule has 0 fully saturated rings. The van der Waals surface area contributed by atoms with Crippen molar-refractivity contribution in [3.63, 3.8) is 0 Å². The number of nitrogens with zero attached hydrogens (tertiary/aromatic N) is 6. The first-order valence-corrected chi connectivity index (χ1v) is 36.0. The van der Waals surface area contributed by atoms with Gasteiger partial charge in [0.25, 0.3) is 0 Å². The molecule has 14 rings (SSSR count). The van der Waals surface area contributed by atoms with E-state index in [0.717, 1.165) is 159 Å². The standard InChI is InChI=1S/C80H82B2F2N6S2/c1-5-9-13-33-49-79(50-34-14-10-6-2)61-47-31-29-45-59(61)77-63(79)53-65(89(77)81(55-37-21-17-22-38-55)56-39-23-18-24-40-56)67-69-70(74-75(71(67)83)87-92-86-74)68(72(84)76-73(69)85-91-88-76)66-54-64-78(90(66)82(57-41-25-19-26-42-57)58-43-27-20-28-44-58)60-46-30-32-48-62(60)80(64,51-35-15-11-7-3)52-36-16-12-8-4/h17-32,37-48,53-54H,5-16,33-36,49-52H2,1-4H3. The smallest absolute Gasteiger partial charge is 0.328 e. The molecule has 0 radical (unpaired) electrons. The maximum atomic E-state index is 19.7. The van der Waals surface area contributed by atoms with Crippen LogP contribution in [0.5, 0.6) is 0 Å². The number of hydrogen-bond acceptors (Lipinski definition) is 6. The van der Waals surface area contributed by atoms with Crippen molar-refractivity contribution in [1.29, 1.82) is 0 Å². The van der Waals surface area contributed by atoms with Crippen LogP contribution in [0.15, 0.2) is 182 Å². The molecule has 0 unspecified atom stereocenters. The largest absolute Gasteiger partial charge is 0.376 e. The third-order valence-electron chi connectivity index (χ3n) is 20.9. The predicted octanol–water partition coefficient (Wildman–Crippen LogP) is 19.8. The van der Waals surface area contributed by atoms with Gasteiger partial charge in [0.15, 0.2) is 11.6 Å². The van der Waals surface area contributed by atoms with Crippen molar-refractivity contribution in [2.75, 3.05) is 0 Å². The van der Waals surface area contributed by atoms with Gasteiger partial charge < -0.3 is 8.96 Å². The van der Waals surface area contributed by atoms with Crippen LogP contribution in [0.1, 0.15) is 178 Å². The van der Waals surface area contributed by atoms with E-state index in [1.54, 1.807) is 0 Å². The molecule has 0 atom stereocenters. The molecular weight excluding hydrogens is 1170 g/mol. The van der Waals surface area contributed by atoms with Crippen LogP contribution in [0.3, 0.4) is 0 Å². The molecule has 4 heterocycles. The molecule has 0 bridgehead atoms. The quantitative estimate of drug-likeness (QED) is 0.0362. The molecule has 2 aliphatic carbocycles. The predicted molar refractivity (Wildman–Crippen MR) is 387 cm³/mol. The summed E-state index contributed by atoms with van der Waals surface area (Å²) in [6.07, 6.45) is 21.9. The van der Waals surface area contributed by atoms with Crippen LogP contribution in [0, 0.1) is 11.6 Å². The number of rotatable bonds is 28. The minimum Gasteiger partial charge on any atom is -0.376 e. The normalized spacial score (nSPS) is 13.5. The lowest BCUT2D eigenvalue weighted by molar-refractivity contribution is 0.401. The highest BCUT2D eigenvalue weighted by Gasteiger charge is 2.50. The van der Waals surface area contributed by atoms with Crippen LogP contribution < -0.4 is 21.9 Å². The molecule has 0 saturated heterocycles. The fourth-order valence-electron chi connectivity index (χ4n) is 16.7. The summed E-state index contributed by atoms with van der Waals surface area (Å²) >= 11 is 1.97. The first kappa shape index (κ1) is 61.7. The molecule has 12 heteroatoms. The molecule has 6 nitrogen and oxygen atoms in total. The van der Waals surface area contributed by atoms with Gasteiger partial charge in [-0.2, -0.15) is 17.5 Å². The van der Waals surface area contributed by atoms with Gasteiger partial charge >= 0.3 is 13.7 Å². The van der Waals surface area contributed by atoms with E-state index in [-0.39, 0.29) is 21.9 Å². The van der Waals surface area contributed by atoms with Gasteiger partial charge in [-0.1, -0.05) is 322 Å². The van der Waals surface area contributed by atoms with Crippen LogP contribution in [0.25, 0.3) is 77.9 Å². The third-order valence-corrected chi connectivity index (χ3v) is 21.9. The maximum absolute atomic E-state index is 19.7. The summed E-state index contributed by atoms with van der Waals surface area (Å²) in [5.74, 6) is -0.988. The highest BCUT2D eigenvalue weighted by Crippen LogP contribution is 2.60. The van der Waals surface area contributed by atoms with Crippen molar-refractivity contribution in [1.82, 2.24) is 26.5 Å². The van der Waals surface area contributed by atoms with Gasteiger partial charge in [0.1, 0.15) is 22.1 Å². The van der Waals surface area contributed by atoms with Crippen molar-refractivity contribution in [3.8, 4) is 45.0 Å². The summed E-state index contributed by atoms with van der Waals surface area (Å²) in [6.45, 7) is 8.32. The Labute approximate surface area is 551 Å².